The molecule has 1 aromatic heterocycles. The van der Waals surface area contributed by atoms with E-state index in [1.54, 1.807) is 14.7 Å². The number of aromatic nitrogens is 1. The van der Waals surface area contributed by atoms with Gasteiger partial charge in [-0.05, 0) is 52.0 Å². The number of hydrogen-bond donors (Lipinski definition) is 2. The van der Waals surface area contributed by atoms with Crippen LogP contribution in [-0.4, -0.2) is 72.4 Å². The Balaban J connectivity index is 1.30. The van der Waals surface area contributed by atoms with Crippen LogP contribution < -0.4 is 10.6 Å². The van der Waals surface area contributed by atoms with Crippen molar-refractivity contribution in [2.45, 2.75) is 76.4 Å². The predicted molar refractivity (Wildman–Crippen MR) is 112 cm³/mol. The fraction of sp³-hybridized carbons (Fsp3) is 0.800. The van der Waals surface area contributed by atoms with Gasteiger partial charge in [-0.25, -0.2) is 0 Å². The van der Waals surface area contributed by atoms with Crippen LogP contribution in [0.15, 0.2) is 10.6 Å². The summed E-state index contributed by atoms with van der Waals surface area (Å²) in [7, 11) is -3.48. The van der Waals surface area contributed by atoms with Crippen LogP contribution in [0.5, 0.6) is 0 Å². The molecule has 168 valence electrons. The van der Waals surface area contributed by atoms with Crippen molar-refractivity contribution in [3.63, 3.8) is 0 Å². The maximum absolute atomic E-state index is 13.2. The zero-order chi connectivity index (χ0) is 21.3. The quantitative estimate of drug-likeness (QED) is 0.666. The van der Waals surface area contributed by atoms with E-state index in [0.29, 0.717) is 50.1 Å². The molecule has 3 fully saturated rings. The lowest BCUT2D eigenvalue weighted by Gasteiger charge is -2.41. The van der Waals surface area contributed by atoms with Gasteiger partial charge in [0.05, 0.1) is 0 Å². The van der Waals surface area contributed by atoms with E-state index in [1.165, 1.54) is 0 Å². The van der Waals surface area contributed by atoms with Crippen LogP contribution in [0, 0.1) is 0 Å². The van der Waals surface area contributed by atoms with Crippen molar-refractivity contribution >= 4 is 16.1 Å². The summed E-state index contributed by atoms with van der Waals surface area (Å²) in [4.78, 5) is 12.5. The van der Waals surface area contributed by atoms with Crippen LogP contribution in [0.1, 0.15) is 74.5 Å². The molecule has 1 saturated carbocycles. The molecule has 2 atom stereocenters. The van der Waals surface area contributed by atoms with Gasteiger partial charge < -0.3 is 15.2 Å². The Kier molecular flexibility index (Phi) is 6.47. The van der Waals surface area contributed by atoms with E-state index in [2.05, 4.69) is 22.7 Å². The largest absolute Gasteiger partial charge is 0.360 e. The lowest BCUT2D eigenvalue weighted by molar-refractivity contribution is 0.0903. The Morgan fingerprint density at radius 3 is 2.50 bits per heavy atom. The van der Waals surface area contributed by atoms with E-state index in [0.717, 1.165) is 38.0 Å². The van der Waals surface area contributed by atoms with E-state index >= 15 is 0 Å². The molecule has 1 aromatic rings. The topological polar surface area (TPSA) is 108 Å². The molecule has 2 saturated heterocycles. The summed E-state index contributed by atoms with van der Waals surface area (Å²) in [5.41, 5.74) is 0.308. The number of rotatable bonds is 7. The molecular weight excluding hydrogens is 406 g/mol. The lowest BCUT2D eigenvalue weighted by atomic mass is 10.0. The molecule has 10 heteroatoms. The van der Waals surface area contributed by atoms with Crippen molar-refractivity contribution < 1.29 is 17.7 Å². The van der Waals surface area contributed by atoms with Crippen LogP contribution in [0.3, 0.4) is 0 Å². The van der Waals surface area contributed by atoms with Crippen molar-refractivity contribution in [1.82, 2.24) is 24.4 Å². The van der Waals surface area contributed by atoms with Gasteiger partial charge in [0.1, 0.15) is 5.76 Å². The summed E-state index contributed by atoms with van der Waals surface area (Å²) in [6.07, 6.45) is 5.05. The van der Waals surface area contributed by atoms with Crippen molar-refractivity contribution in [3.8, 4) is 0 Å². The highest BCUT2D eigenvalue weighted by atomic mass is 32.2. The van der Waals surface area contributed by atoms with Gasteiger partial charge in [-0.1, -0.05) is 12.1 Å². The molecule has 0 radical (unpaired) electrons. The molecule has 0 aromatic carbocycles. The standard InChI is InChI=1S/C20H33N5O4S/c1-3-21-16-6-9-24(10-7-16)30(27,28)25-11-8-17(12-14(25)2)22-20(26)18-13-19(29-23-18)15-4-5-15/h13-17,21H,3-12H2,1-2H3,(H,22,26)/t14-,17-/m0/s1. The molecule has 9 nitrogen and oxygen atoms in total. The fourth-order valence-corrected chi connectivity index (χ4v) is 6.41. The number of nitrogens with zero attached hydrogens (tertiary/aromatic N) is 3. The zero-order valence-corrected chi connectivity index (χ0v) is 18.7. The van der Waals surface area contributed by atoms with Crippen LogP contribution in [-0.2, 0) is 10.2 Å². The second-order valence-electron chi connectivity index (χ2n) is 8.78. The number of piperidine rings is 2. The average molecular weight is 440 g/mol. The third-order valence-electron chi connectivity index (χ3n) is 6.46. The highest BCUT2D eigenvalue weighted by molar-refractivity contribution is 7.86. The Bertz CT molecular complexity index is 845. The first-order valence-corrected chi connectivity index (χ1v) is 12.6. The van der Waals surface area contributed by atoms with Crippen molar-refractivity contribution in [3.05, 3.63) is 17.5 Å². The second-order valence-corrected chi connectivity index (χ2v) is 10.7. The van der Waals surface area contributed by atoms with E-state index < -0.39 is 10.2 Å². The normalized spacial score (nSPS) is 27.3. The minimum atomic E-state index is -3.48. The lowest BCUT2D eigenvalue weighted by Crippen LogP contribution is -2.56. The number of amides is 1. The van der Waals surface area contributed by atoms with Gasteiger partial charge in [-0.3, -0.25) is 4.79 Å². The summed E-state index contributed by atoms with van der Waals surface area (Å²) in [5.74, 6) is 0.951. The number of nitrogens with one attached hydrogen (secondary N) is 2. The minimum Gasteiger partial charge on any atom is -0.360 e. The predicted octanol–water partition coefficient (Wildman–Crippen LogP) is 1.45. The third kappa shape index (κ3) is 4.71. The van der Waals surface area contributed by atoms with Crippen LogP contribution >= 0.6 is 0 Å². The molecule has 30 heavy (non-hydrogen) atoms. The Morgan fingerprint density at radius 2 is 1.87 bits per heavy atom. The van der Waals surface area contributed by atoms with Gasteiger partial charge in [0.2, 0.25) is 0 Å². The zero-order valence-electron chi connectivity index (χ0n) is 17.8. The third-order valence-corrected chi connectivity index (χ3v) is 8.61. The molecule has 4 rings (SSSR count). The van der Waals surface area contributed by atoms with Gasteiger partial charge in [0.15, 0.2) is 5.69 Å². The number of hydrogen-bond acceptors (Lipinski definition) is 6. The van der Waals surface area contributed by atoms with Crippen molar-refractivity contribution in [2.24, 2.45) is 0 Å². The van der Waals surface area contributed by atoms with Crippen LogP contribution in [0.2, 0.25) is 0 Å². The number of carbonyl (C=O) groups excluding carboxylic acids is 1. The number of carbonyl (C=O) groups is 1. The molecule has 0 spiro atoms. The van der Waals surface area contributed by atoms with Gasteiger partial charge in [0, 0.05) is 49.7 Å². The van der Waals surface area contributed by atoms with Gasteiger partial charge >= 0.3 is 0 Å². The molecule has 2 aliphatic heterocycles. The Labute approximate surface area is 178 Å². The summed E-state index contributed by atoms with van der Waals surface area (Å²) in [6.45, 7) is 6.42. The van der Waals surface area contributed by atoms with Crippen LogP contribution in [0.4, 0.5) is 0 Å². The highest BCUT2D eigenvalue weighted by Gasteiger charge is 2.39. The van der Waals surface area contributed by atoms with Gasteiger partial charge in [0.25, 0.3) is 16.1 Å². The SMILES string of the molecule is CCNC1CCN(S(=O)(=O)N2CC[C@H](NC(=O)c3cc(C4CC4)on3)C[C@@H]2C)CC1. The molecule has 3 aliphatic rings. The summed E-state index contributed by atoms with van der Waals surface area (Å²) >= 11 is 0. The first-order chi connectivity index (χ1) is 14.4. The monoisotopic (exact) mass is 439 g/mol. The van der Waals surface area contributed by atoms with E-state index in [-0.39, 0.29) is 18.0 Å². The van der Waals surface area contributed by atoms with Crippen molar-refractivity contribution in [2.75, 3.05) is 26.2 Å². The van der Waals surface area contributed by atoms with E-state index in [4.69, 9.17) is 4.52 Å². The summed E-state index contributed by atoms with van der Waals surface area (Å²) in [5, 5.41) is 10.3. The highest BCUT2D eigenvalue weighted by Crippen LogP contribution is 2.40. The minimum absolute atomic E-state index is 0.0699. The molecule has 0 bridgehead atoms. The Morgan fingerprint density at radius 1 is 1.17 bits per heavy atom. The van der Waals surface area contributed by atoms with E-state index in [9.17, 15) is 13.2 Å². The van der Waals surface area contributed by atoms with Gasteiger partial charge in [-0.2, -0.15) is 17.0 Å². The molecule has 3 heterocycles. The van der Waals surface area contributed by atoms with E-state index in [1.807, 2.05) is 6.92 Å². The second kappa shape index (κ2) is 8.94. The summed E-state index contributed by atoms with van der Waals surface area (Å²) in [6, 6.07) is 1.89. The molecule has 0 unspecified atom stereocenters. The maximum atomic E-state index is 13.2. The average Bonchev–Trinajstić information content (AvgIpc) is 3.45. The smallest absolute Gasteiger partial charge is 0.282 e. The van der Waals surface area contributed by atoms with Crippen molar-refractivity contribution in [1.29, 1.82) is 0 Å². The maximum Gasteiger partial charge on any atom is 0.282 e. The Hall–Kier alpha value is -1.49. The molecule has 1 aliphatic carbocycles. The summed E-state index contributed by atoms with van der Waals surface area (Å²) < 4.78 is 34.8. The molecule has 2 N–H and O–H groups in total. The van der Waals surface area contributed by atoms with Crippen LogP contribution in [0.25, 0.3) is 0 Å². The molecular formula is C20H33N5O4S. The van der Waals surface area contributed by atoms with Gasteiger partial charge in [-0.15, -0.1) is 0 Å². The first-order valence-electron chi connectivity index (χ1n) is 11.2. The fourth-order valence-electron chi connectivity index (χ4n) is 4.57. The molecule has 1 amide bonds. The first kappa shape index (κ1) is 21.7.